The lowest BCUT2D eigenvalue weighted by Crippen LogP contribution is -2.31. The monoisotopic (exact) mass is 606 g/mol. The van der Waals surface area contributed by atoms with Crippen molar-refractivity contribution in [1.82, 2.24) is 0 Å². The lowest BCUT2D eigenvalue weighted by Gasteiger charge is -2.28. The number of alkyl halides is 2. The zero-order valence-electron chi connectivity index (χ0n) is 23.6. The Morgan fingerprint density at radius 1 is 0.791 bits per heavy atom. The van der Waals surface area contributed by atoms with E-state index in [1.807, 2.05) is 6.07 Å². The summed E-state index contributed by atoms with van der Waals surface area (Å²) < 4.78 is 122. The molecule has 0 aromatic heterocycles. The molecule has 228 valence electrons. The maximum atomic E-state index is 15.3. The lowest BCUT2D eigenvalue weighted by atomic mass is 9.80. The molecule has 2 aromatic rings. The summed E-state index contributed by atoms with van der Waals surface area (Å²) in [6.07, 6.45) is 5.06. The molecule has 1 nitrogen and oxygen atoms in total. The highest BCUT2D eigenvalue weighted by Gasteiger charge is 2.46. The number of benzene rings is 2. The number of hydrogen-bond acceptors (Lipinski definition) is 1. The van der Waals surface area contributed by atoms with E-state index in [4.69, 9.17) is 0 Å². The minimum Gasteiger partial charge on any atom is -0.429 e. The van der Waals surface area contributed by atoms with Crippen LogP contribution in [0.5, 0.6) is 5.75 Å². The first-order valence-electron chi connectivity index (χ1n) is 14.2. The van der Waals surface area contributed by atoms with Crippen LogP contribution < -0.4 is 4.74 Å². The molecule has 0 radical (unpaired) electrons. The van der Waals surface area contributed by atoms with E-state index in [0.717, 1.165) is 31.7 Å². The van der Waals surface area contributed by atoms with E-state index in [9.17, 15) is 26.3 Å². The van der Waals surface area contributed by atoms with Gasteiger partial charge in [0.25, 0.3) is 0 Å². The maximum Gasteiger partial charge on any atom is 0.432 e. The van der Waals surface area contributed by atoms with Gasteiger partial charge in [0.1, 0.15) is 46.3 Å². The Morgan fingerprint density at radius 2 is 1.49 bits per heavy atom. The summed E-state index contributed by atoms with van der Waals surface area (Å²) in [6.45, 7) is 3.21. The van der Waals surface area contributed by atoms with E-state index in [-0.39, 0.29) is 23.5 Å². The molecule has 5 rings (SSSR count). The van der Waals surface area contributed by atoms with Crippen LogP contribution in [0.1, 0.15) is 67.6 Å². The molecule has 0 heterocycles. The predicted octanol–water partition coefficient (Wildman–Crippen LogP) is 10.9. The van der Waals surface area contributed by atoms with Crippen molar-refractivity contribution in [2.75, 3.05) is 0 Å². The van der Waals surface area contributed by atoms with E-state index in [1.54, 1.807) is 6.07 Å². The van der Waals surface area contributed by atoms with Gasteiger partial charge in [0.05, 0.1) is 0 Å². The van der Waals surface area contributed by atoms with Crippen LogP contribution in [0.4, 0.5) is 35.1 Å². The van der Waals surface area contributed by atoms with Gasteiger partial charge in [-0.05, 0) is 60.9 Å². The second kappa shape index (κ2) is 12.2. The van der Waals surface area contributed by atoms with Gasteiger partial charge >= 0.3 is 6.11 Å². The van der Waals surface area contributed by atoms with Crippen LogP contribution >= 0.6 is 0 Å². The first kappa shape index (κ1) is 30.8. The van der Waals surface area contributed by atoms with Gasteiger partial charge < -0.3 is 4.74 Å². The lowest BCUT2D eigenvalue weighted by molar-refractivity contribution is -0.143. The largest absolute Gasteiger partial charge is 0.432 e. The molecule has 0 saturated heterocycles. The average Bonchev–Trinajstić information content (AvgIpc) is 2.95. The molecule has 0 saturated carbocycles. The fourth-order valence-electron chi connectivity index (χ4n) is 5.92. The maximum absolute atomic E-state index is 15.3. The third kappa shape index (κ3) is 6.36. The highest BCUT2D eigenvalue weighted by atomic mass is 19.3. The molecule has 0 amide bonds. The zero-order valence-corrected chi connectivity index (χ0v) is 23.6. The molecule has 0 N–H and O–H groups in total. The first-order chi connectivity index (χ1) is 20.4. The Balaban J connectivity index is 1.29. The van der Waals surface area contributed by atoms with Crippen molar-refractivity contribution in [3.63, 3.8) is 0 Å². The van der Waals surface area contributed by atoms with Crippen LogP contribution in [0.2, 0.25) is 0 Å². The van der Waals surface area contributed by atoms with Crippen LogP contribution in [0.3, 0.4) is 0 Å². The highest BCUT2D eigenvalue weighted by Crippen LogP contribution is 2.46. The number of hydrogen-bond donors (Lipinski definition) is 0. The summed E-state index contributed by atoms with van der Waals surface area (Å²) in [5.74, 6) is -9.09. The van der Waals surface area contributed by atoms with Gasteiger partial charge in [0.2, 0.25) is 0 Å². The number of halogens is 8. The predicted molar refractivity (Wildman–Crippen MR) is 148 cm³/mol. The van der Waals surface area contributed by atoms with E-state index < -0.39 is 76.2 Å². The minimum atomic E-state index is -4.61. The molecule has 3 aliphatic carbocycles. The quantitative estimate of drug-likeness (QED) is 0.225. The van der Waals surface area contributed by atoms with E-state index in [2.05, 4.69) is 23.8 Å². The number of rotatable bonds is 7. The Kier molecular flexibility index (Phi) is 8.72. The SMILES string of the molecule is CCC1C=CC(c2ccc(C3C=CC(C4C=C(F)C(C(F)(F)Oc5cc(F)c(C)c(F)c5)=C(F)C4)=C(F)C3)c(F)c2)CC1. The van der Waals surface area contributed by atoms with E-state index >= 15 is 8.78 Å². The molecular weight excluding hydrogens is 576 g/mol. The van der Waals surface area contributed by atoms with Gasteiger partial charge in [-0.2, -0.15) is 8.78 Å². The molecule has 9 heteroatoms. The van der Waals surface area contributed by atoms with Crippen molar-refractivity contribution < 1.29 is 39.9 Å². The molecule has 0 bridgehead atoms. The van der Waals surface area contributed by atoms with Crippen LogP contribution in [0.25, 0.3) is 0 Å². The molecular formula is C34H30F8O. The van der Waals surface area contributed by atoms with Crippen LogP contribution in [0.15, 0.2) is 89.3 Å². The Hall–Kier alpha value is -3.62. The van der Waals surface area contributed by atoms with Crippen LogP contribution in [-0.2, 0) is 0 Å². The third-order valence-corrected chi connectivity index (χ3v) is 8.51. The Morgan fingerprint density at radius 3 is 2.07 bits per heavy atom. The fraction of sp³-hybridized carbons (Fsp3) is 0.353. The van der Waals surface area contributed by atoms with Crippen molar-refractivity contribution in [2.45, 2.75) is 63.9 Å². The van der Waals surface area contributed by atoms with Crippen molar-refractivity contribution in [1.29, 1.82) is 0 Å². The second-order valence-corrected chi connectivity index (χ2v) is 11.3. The molecule has 2 aromatic carbocycles. The summed E-state index contributed by atoms with van der Waals surface area (Å²) >= 11 is 0. The van der Waals surface area contributed by atoms with E-state index in [1.165, 1.54) is 18.2 Å². The molecule has 4 unspecified atom stereocenters. The molecule has 0 aliphatic heterocycles. The van der Waals surface area contributed by atoms with E-state index in [0.29, 0.717) is 24.1 Å². The van der Waals surface area contributed by atoms with Gasteiger partial charge in [-0.15, -0.1) is 0 Å². The zero-order chi connectivity index (χ0) is 31.1. The Bertz CT molecular complexity index is 1540. The molecule has 0 spiro atoms. The third-order valence-electron chi connectivity index (χ3n) is 8.51. The van der Waals surface area contributed by atoms with Gasteiger partial charge in [-0.1, -0.05) is 43.4 Å². The average molecular weight is 607 g/mol. The Labute approximate surface area is 244 Å². The summed E-state index contributed by atoms with van der Waals surface area (Å²) in [7, 11) is 0. The molecule has 4 atom stereocenters. The topological polar surface area (TPSA) is 9.23 Å². The summed E-state index contributed by atoms with van der Waals surface area (Å²) in [4.78, 5) is 0. The van der Waals surface area contributed by atoms with Crippen LogP contribution in [-0.4, -0.2) is 6.11 Å². The normalized spacial score (nSPS) is 24.5. The second-order valence-electron chi connectivity index (χ2n) is 11.3. The number of allylic oxidation sites excluding steroid dienone is 8. The summed E-state index contributed by atoms with van der Waals surface area (Å²) in [5.41, 5.74) is -1.17. The molecule has 3 aliphatic rings. The van der Waals surface area contributed by atoms with Crippen LogP contribution in [0, 0.1) is 36.2 Å². The standard InChI is InChI=1S/C34H30F8O/c1-3-19-4-6-20(7-5-19)21-8-10-25(29(37)12-21)22-9-11-26(30(38)13-22)23-14-31(39)33(32(40)15-23)34(41,42)43-24-16-27(35)18(2)28(36)17-24/h4,6,8-12,14,16-17,19-20,22-23H,3,5,7,13,15H2,1-2H3. The summed E-state index contributed by atoms with van der Waals surface area (Å²) in [6, 6.07) is 5.87. The molecule has 43 heavy (non-hydrogen) atoms. The minimum absolute atomic E-state index is 0.106. The van der Waals surface area contributed by atoms with Crippen molar-refractivity contribution >= 4 is 0 Å². The summed E-state index contributed by atoms with van der Waals surface area (Å²) in [5, 5.41) is 0. The van der Waals surface area contributed by atoms with Gasteiger partial charge in [-0.25, -0.2) is 26.3 Å². The van der Waals surface area contributed by atoms with Crippen molar-refractivity contribution in [3.05, 3.63) is 123 Å². The fourth-order valence-corrected chi connectivity index (χ4v) is 5.92. The smallest absolute Gasteiger partial charge is 0.429 e. The van der Waals surface area contributed by atoms with Crippen molar-refractivity contribution in [2.24, 2.45) is 11.8 Å². The first-order valence-corrected chi connectivity index (χ1v) is 14.2. The number of ether oxygens (including phenoxy) is 1. The van der Waals surface area contributed by atoms with Gasteiger partial charge in [-0.3, -0.25) is 0 Å². The van der Waals surface area contributed by atoms with Gasteiger partial charge in [0, 0.05) is 48.3 Å². The van der Waals surface area contributed by atoms with Gasteiger partial charge in [0.15, 0.2) is 0 Å². The van der Waals surface area contributed by atoms with Crippen molar-refractivity contribution in [3.8, 4) is 5.75 Å². The highest BCUT2D eigenvalue weighted by molar-refractivity contribution is 5.45. The molecule has 0 fully saturated rings.